The summed E-state index contributed by atoms with van der Waals surface area (Å²) in [7, 11) is 0. The third-order valence-corrected chi connectivity index (χ3v) is 7.15. The molecule has 7 heteroatoms. The second-order valence-electron chi connectivity index (χ2n) is 8.21. The lowest BCUT2D eigenvalue weighted by Gasteiger charge is -2.64. The van der Waals surface area contributed by atoms with Gasteiger partial charge < -0.3 is 19.7 Å². The molecule has 2 aliphatic carbocycles. The van der Waals surface area contributed by atoms with E-state index < -0.39 is 29.7 Å². The van der Waals surface area contributed by atoms with Gasteiger partial charge in [0.2, 0.25) is 0 Å². The zero-order valence-electron chi connectivity index (χ0n) is 15.5. The van der Waals surface area contributed by atoms with Crippen LogP contribution in [0, 0.1) is 0 Å². The summed E-state index contributed by atoms with van der Waals surface area (Å²) in [6, 6.07) is 3.43. The topological polar surface area (TPSA) is 96.3 Å². The zero-order chi connectivity index (χ0) is 19.7. The molecule has 0 amide bonds. The van der Waals surface area contributed by atoms with Crippen LogP contribution < -0.4 is 4.74 Å². The molecular weight excluding hydrogens is 362 g/mol. The molecule has 1 saturated heterocycles. The Balaban J connectivity index is 1.77. The van der Waals surface area contributed by atoms with Crippen LogP contribution in [0.15, 0.2) is 24.8 Å². The van der Waals surface area contributed by atoms with Crippen LogP contribution in [0.25, 0.3) is 0 Å². The van der Waals surface area contributed by atoms with Crippen LogP contribution >= 0.6 is 0 Å². The molecule has 1 unspecified atom stereocenters. The Hall–Kier alpha value is -2.38. The van der Waals surface area contributed by atoms with Crippen molar-refractivity contribution in [1.29, 1.82) is 0 Å². The number of aliphatic carboxylic acids is 1. The number of phenols is 1. The van der Waals surface area contributed by atoms with Crippen molar-refractivity contribution in [2.75, 3.05) is 19.7 Å². The van der Waals surface area contributed by atoms with Gasteiger partial charge in [-0.3, -0.25) is 9.69 Å². The van der Waals surface area contributed by atoms with E-state index >= 15 is 0 Å². The Morgan fingerprint density at radius 3 is 3.00 bits per heavy atom. The summed E-state index contributed by atoms with van der Waals surface area (Å²) >= 11 is 0. The minimum atomic E-state index is -1.03. The molecule has 4 aliphatic rings. The second-order valence-corrected chi connectivity index (χ2v) is 8.21. The Bertz CT molecular complexity index is 897. The van der Waals surface area contributed by atoms with Gasteiger partial charge in [0.1, 0.15) is 6.61 Å². The average molecular weight is 385 g/mol. The number of piperidine rings is 1. The van der Waals surface area contributed by atoms with Gasteiger partial charge in [-0.1, -0.05) is 12.1 Å². The van der Waals surface area contributed by atoms with Crippen LogP contribution in [-0.4, -0.2) is 64.3 Å². The van der Waals surface area contributed by atoms with Gasteiger partial charge in [0, 0.05) is 31.1 Å². The number of hydrogen-bond donors (Lipinski definition) is 2. The summed E-state index contributed by atoms with van der Waals surface area (Å²) in [4.78, 5) is 26.6. The van der Waals surface area contributed by atoms with Crippen molar-refractivity contribution < 1.29 is 29.3 Å². The highest BCUT2D eigenvalue weighted by Gasteiger charge is 2.74. The average Bonchev–Trinajstić information content (AvgIpc) is 3.02. The predicted octanol–water partition coefficient (Wildman–Crippen LogP) is 1.41. The minimum Gasteiger partial charge on any atom is -0.504 e. The molecule has 1 saturated carbocycles. The van der Waals surface area contributed by atoms with Gasteiger partial charge in [-0.25, -0.2) is 4.79 Å². The summed E-state index contributed by atoms with van der Waals surface area (Å²) in [5, 5.41) is 19.8. The van der Waals surface area contributed by atoms with Crippen LogP contribution in [0.1, 0.15) is 30.4 Å². The van der Waals surface area contributed by atoms with Crippen molar-refractivity contribution in [2.24, 2.45) is 0 Å². The number of carboxylic acid groups (broad SMARTS) is 1. The van der Waals surface area contributed by atoms with Crippen molar-refractivity contribution in [3.05, 3.63) is 35.9 Å². The molecule has 2 heterocycles. The number of nitrogens with zero attached hydrogens (tertiary/aromatic N) is 1. The van der Waals surface area contributed by atoms with Gasteiger partial charge in [-0.05, 0) is 30.9 Å². The van der Waals surface area contributed by atoms with Crippen LogP contribution in [-0.2, 0) is 26.2 Å². The Morgan fingerprint density at radius 2 is 2.25 bits per heavy atom. The van der Waals surface area contributed by atoms with Crippen LogP contribution in [0.5, 0.6) is 11.5 Å². The number of likely N-dealkylation sites (tertiary alicyclic amines) is 1. The van der Waals surface area contributed by atoms with E-state index in [0.29, 0.717) is 31.6 Å². The molecule has 0 radical (unpaired) electrons. The Labute approximate surface area is 162 Å². The molecule has 4 atom stereocenters. The van der Waals surface area contributed by atoms with Crippen molar-refractivity contribution in [1.82, 2.24) is 4.90 Å². The summed E-state index contributed by atoms with van der Waals surface area (Å²) in [5.74, 6) is -0.645. The number of aromatic hydroxyl groups is 1. The maximum Gasteiger partial charge on any atom is 0.329 e. The van der Waals surface area contributed by atoms with Crippen molar-refractivity contribution in [3.63, 3.8) is 0 Å². The number of carbonyl (C=O) groups is 2. The maximum absolute atomic E-state index is 12.9. The van der Waals surface area contributed by atoms with Gasteiger partial charge in [-0.15, -0.1) is 6.58 Å². The van der Waals surface area contributed by atoms with Gasteiger partial charge in [0.25, 0.3) is 0 Å². The summed E-state index contributed by atoms with van der Waals surface area (Å²) in [5.41, 5.74) is 0.280. The fourth-order valence-electron chi connectivity index (χ4n) is 6.25. The number of ketones is 1. The number of carbonyl (C=O) groups excluding carboxylic acids is 1. The molecule has 2 fully saturated rings. The third kappa shape index (κ3) is 1.96. The number of Topliss-reactive ketones (excluding diaryl/α,β-unsaturated/α-hetero) is 1. The second kappa shape index (κ2) is 5.81. The van der Waals surface area contributed by atoms with E-state index in [9.17, 15) is 19.8 Å². The molecule has 7 nitrogen and oxygen atoms in total. The molecule has 0 aromatic heterocycles. The van der Waals surface area contributed by atoms with Gasteiger partial charge in [0.05, 0.1) is 11.0 Å². The number of phenolic OH excluding ortho intramolecular Hbond substituents is 1. The summed E-state index contributed by atoms with van der Waals surface area (Å²) in [6.45, 7) is 4.84. The van der Waals surface area contributed by atoms with Crippen LogP contribution in [0.2, 0.25) is 0 Å². The number of benzene rings is 1. The highest BCUT2D eigenvalue weighted by Crippen LogP contribution is 2.65. The fourth-order valence-corrected chi connectivity index (χ4v) is 6.25. The molecular formula is C21H23NO6. The lowest BCUT2D eigenvalue weighted by Crippen LogP contribution is -2.77. The normalized spacial score (nSPS) is 35.2. The molecule has 1 aromatic rings. The Kier molecular flexibility index (Phi) is 3.67. The third-order valence-electron chi connectivity index (χ3n) is 7.15. The molecule has 1 spiro atoms. The van der Waals surface area contributed by atoms with E-state index in [1.54, 1.807) is 6.07 Å². The summed E-state index contributed by atoms with van der Waals surface area (Å²) in [6.07, 6.45) is 3.09. The van der Waals surface area contributed by atoms with Crippen LogP contribution in [0.3, 0.4) is 0 Å². The van der Waals surface area contributed by atoms with Crippen molar-refractivity contribution >= 4 is 11.8 Å². The molecule has 5 rings (SSSR count). The Morgan fingerprint density at radius 1 is 1.43 bits per heavy atom. The van der Waals surface area contributed by atoms with E-state index in [1.807, 2.05) is 12.1 Å². The smallest absolute Gasteiger partial charge is 0.329 e. The number of rotatable bonds is 5. The predicted molar refractivity (Wildman–Crippen MR) is 98.6 cm³/mol. The number of carboxylic acids is 1. The monoisotopic (exact) mass is 385 g/mol. The fraction of sp³-hybridized carbons (Fsp3) is 0.524. The standard InChI is InChI=1S/C21H23NO6/c1-2-8-22-9-7-20-17-12-3-4-13(23)18(17)28-19(20)14(24)5-6-21(20,15(22)10-12)27-11-16(25)26/h2-4,15,19,23H,1,5-11H2,(H,25,26)/t15-,19?,20+,21-/m1/s1. The van der Waals surface area contributed by atoms with E-state index in [4.69, 9.17) is 9.47 Å². The minimum absolute atomic E-state index is 0.00563. The highest BCUT2D eigenvalue weighted by atomic mass is 16.5. The van der Waals surface area contributed by atoms with E-state index in [1.165, 1.54) is 0 Å². The first-order chi connectivity index (χ1) is 13.4. The molecule has 2 bridgehead atoms. The number of ether oxygens (including phenoxy) is 2. The highest BCUT2D eigenvalue weighted by molar-refractivity contribution is 5.90. The summed E-state index contributed by atoms with van der Waals surface area (Å²) < 4.78 is 12.3. The molecule has 2 N–H and O–H groups in total. The first kappa shape index (κ1) is 17.7. The lowest BCUT2D eigenvalue weighted by molar-refractivity contribution is -0.215. The molecule has 28 heavy (non-hydrogen) atoms. The van der Waals surface area contributed by atoms with Gasteiger partial charge in [-0.2, -0.15) is 0 Å². The lowest BCUT2D eigenvalue weighted by atomic mass is 9.48. The van der Waals surface area contributed by atoms with E-state index in [-0.39, 0.29) is 24.0 Å². The first-order valence-corrected chi connectivity index (χ1v) is 9.70. The maximum atomic E-state index is 12.9. The molecule has 148 valence electrons. The quantitative estimate of drug-likeness (QED) is 0.740. The van der Waals surface area contributed by atoms with Crippen molar-refractivity contribution in [2.45, 2.75) is 48.8 Å². The zero-order valence-corrected chi connectivity index (χ0v) is 15.5. The van der Waals surface area contributed by atoms with Gasteiger partial charge in [0.15, 0.2) is 23.4 Å². The molecule has 1 aromatic carbocycles. The molecule has 2 aliphatic heterocycles. The van der Waals surface area contributed by atoms with E-state index in [0.717, 1.165) is 17.7 Å². The van der Waals surface area contributed by atoms with Gasteiger partial charge >= 0.3 is 5.97 Å². The number of hydrogen-bond acceptors (Lipinski definition) is 6. The first-order valence-electron chi connectivity index (χ1n) is 9.70. The largest absolute Gasteiger partial charge is 0.504 e. The van der Waals surface area contributed by atoms with E-state index in [2.05, 4.69) is 11.5 Å². The SMILES string of the molecule is C=CCN1CC[C@]23c4c5ccc(O)c4OC2C(=O)CC[C@@]3(OCC(=O)O)[C@H]1C5. The van der Waals surface area contributed by atoms with Crippen molar-refractivity contribution in [3.8, 4) is 11.5 Å². The van der Waals surface area contributed by atoms with Crippen LogP contribution in [0.4, 0.5) is 0 Å².